The van der Waals surface area contributed by atoms with E-state index in [0.717, 1.165) is 12.1 Å². The van der Waals surface area contributed by atoms with Crippen molar-refractivity contribution in [1.29, 1.82) is 5.26 Å². The number of nitrogens with one attached hydrogen (secondary N) is 2. The molecule has 0 aliphatic carbocycles. The first-order chi connectivity index (χ1) is 14.3. The first-order valence-corrected chi connectivity index (χ1v) is 8.67. The van der Waals surface area contributed by atoms with E-state index in [-0.39, 0.29) is 22.5 Å². The second kappa shape index (κ2) is 8.49. The Labute approximate surface area is 169 Å². The van der Waals surface area contributed by atoms with E-state index in [1.165, 1.54) is 36.4 Å². The van der Waals surface area contributed by atoms with Crippen LogP contribution < -0.4 is 10.6 Å². The van der Waals surface area contributed by atoms with Gasteiger partial charge < -0.3 is 10.6 Å². The van der Waals surface area contributed by atoms with Crippen molar-refractivity contribution in [3.8, 4) is 6.07 Å². The fraction of sp³-hybridized carbons (Fsp3) is 0.0455. The average Bonchev–Trinajstić information content (AvgIpc) is 2.73. The summed E-state index contributed by atoms with van der Waals surface area (Å²) in [7, 11) is 0. The average molecular weight is 409 g/mol. The van der Waals surface area contributed by atoms with Crippen molar-refractivity contribution >= 4 is 23.2 Å². The molecule has 0 fully saturated rings. The normalized spacial score (nSPS) is 10.7. The molecule has 0 aliphatic rings. The second-order valence-electron chi connectivity index (χ2n) is 6.23. The molecule has 30 heavy (non-hydrogen) atoms. The fourth-order valence-electron chi connectivity index (χ4n) is 2.69. The van der Waals surface area contributed by atoms with Crippen LogP contribution in [0.5, 0.6) is 0 Å². The summed E-state index contributed by atoms with van der Waals surface area (Å²) in [4.78, 5) is 25.1. The van der Waals surface area contributed by atoms with Crippen LogP contribution in [-0.4, -0.2) is 11.8 Å². The molecule has 3 rings (SSSR count). The number of nitrogens with zero attached hydrogens (tertiary/aromatic N) is 1. The molecule has 0 aromatic heterocycles. The maximum absolute atomic E-state index is 12.9. The predicted octanol–water partition coefficient (Wildman–Crippen LogP) is 5.08. The zero-order valence-electron chi connectivity index (χ0n) is 15.3. The molecular weight excluding hydrogens is 395 g/mol. The number of hydrogen-bond acceptors (Lipinski definition) is 3. The van der Waals surface area contributed by atoms with Crippen LogP contribution in [0.15, 0.2) is 72.8 Å². The zero-order valence-corrected chi connectivity index (χ0v) is 15.3. The van der Waals surface area contributed by atoms with Gasteiger partial charge in [-0.2, -0.15) is 18.4 Å². The van der Waals surface area contributed by atoms with Gasteiger partial charge in [0.15, 0.2) is 0 Å². The quantitative estimate of drug-likeness (QED) is 0.630. The molecule has 3 aromatic rings. The SMILES string of the molecule is N#Cc1cccc(C(=O)Nc2ccccc2C(=O)Nc2cccc(C(F)(F)F)c2)c1. The molecule has 2 N–H and O–H groups in total. The van der Waals surface area contributed by atoms with E-state index < -0.39 is 23.6 Å². The molecule has 0 heterocycles. The van der Waals surface area contributed by atoms with Crippen molar-refractivity contribution in [2.45, 2.75) is 6.18 Å². The molecule has 8 heteroatoms. The van der Waals surface area contributed by atoms with Gasteiger partial charge in [-0.05, 0) is 48.5 Å². The van der Waals surface area contributed by atoms with E-state index in [4.69, 9.17) is 5.26 Å². The minimum absolute atomic E-state index is 0.0299. The Morgan fingerprint density at radius 1 is 0.833 bits per heavy atom. The highest BCUT2D eigenvalue weighted by Crippen LogP contribution is 2.31. The molecule has 0 bridgehead atoms. The Hall–Kier alpha value is -4.12. The van der Waals surface area contributed by atoms with Gasteiger partial charge in [0.1, 0.15) is 0 Å². The van der Waals surface area contributed by atoms with Gasteiger partial charge in [0, 0.05) is 11.3 Å². The van der Waals surface area contributed by atoms with E-state index in [9.17, 15) is 22.8 Å². The summed E-state index contributed by atoms with van der Waals surface area (Å²) < 4.78 is 38.6. The summed E-state index contributed by atoms with van der Waals surface area (Å²) >= 11 is 0. The Balaban J connectivity index is 1.82. The van der Waals surface area contributed by atoms with Crippen LogP contribution in [0, 0.1) is 11.3 Å². The minimum Gasteiger partial charge on any atom is -0.322 e. The van der Waals surface area contributed by atoms with Crippen molar-refractivity contribution in [2.24, 2.45) is 0 Å². The first kappa shape index (κ1) is 20.6. The second-order valence-corrected chi connectivity index (χ2v) is 6.23. The van der Waals surface area contributed by atoms with Gasteiger partial charge in [0.25, 0.3) is 11.8 Å². The van der Waals surface area contributed by atoms with Crippen LogP contribution in [-0.2, 0) is 6.18 Å². The summed E-state index contributed by atoms with van der Waals surface area (Å²) in [6.07, 6.45) is -4.54. The van der Waals surface area contributed by atoms with Gasteiger partial charge in [0.2, 0.25) is 0 Å². The molecule has 3 aromatic carbocycles. The maximum atomic E-state index is 12.9. The van der Waals surface area contributed by atoms with E-state index in [2.05, 4.69) is 10.6 Å². The summed E-state index contributed by atoms with van der Waals surface area (Å²) in [5.74, 6) is -1.22. The Bertz CT molecular complexity index is 1150. The molecule has 0 aliphatic heterocycles. The van der Waals surface area contributed by atoms with Crippen LogP contribution in [0.1, 0.15) is 31.8 Å². The number of hydrogen-bond donors (Lipinski definition) is 2. The summed E-state index contributed by atoms with van der Waals surface area (Å²) in [5.41, 5.74) is -0.147. The first-order valence-electron chi connectivity index (χ1n) is 8.67. The molecule has 150 valence electrons. The highest BCUT2D eigenvalue weighted by Gasteiger charge is 2.30. The highest BCUT2D eigenvalue weighted by molar-refractivity contribution is 6.12. The summed E-state index contributed by atoms with van der Waals surface area (Å²) in [6.45, 7) is 0. The minimum atomic E-state index is -4.54. The largest absolute Gasteiger partial charge is 0.416 e. The van der Waals surface area contributed by atoms with Gasteiger partial charge >= 0.3 is 6.18 Å². The number of anilines is 2. The third-order valence-corrected chi connectivity index (χ3v) is 4.12. The number of carbonyl (C=O) groups is 2. The Morgan fingerprint density at radius 2 is 1.57 bits per heavy atom. The summed E-state index contributed by atoms with van der Waals surface area (Å²) in [5, 5.41) is 14.0. The predicted molar refractivity (Wildman–Crippen MR) is 105 cm³/mol. The molecule has 5 nitrogen and oxygen atoms in total. The van der Waals surface area contributed by atoms with Crippen LogP contribution in [0.4, 0.5) is 24.5 Å². The number of para-hydroxylation sites is 1. The van der Waals surface area contributed by atoms with Gasteiger partial charge in [0.05, 0.1) is 28.4 Å². The molecule has 0 saturated carbocycles. The highest BCUT2D eigenvalue weighted by atomic mass is 19.4. The van der Waals surface area contributed by atoms with Crippen molar-refractivity contribution in [3.05, 3.63) is 95.1 Å². The van der Waals surface area contributed by atoms with E-state index >= 15 is 0 Å². The van der Waals surface area contributed by atoms with Gasteiger partial charge in [-0.1, -0.05) is 24.3 Å². The Morgan fingerprint density at radius 3 is 2.30 bits per heavy atom. The molecule has 0 saturated heterocycles. The van der Waals surface area contributed by atoms with Gasteiger partial charge in [-0.25, -0.2) is 0 Å². The lowest BCUT2D eigenvalue weighted by atomic mass is 10.1. The smallest absolute Gasteiger partial charge is 0.322 e. The van der Waals surface area contributed by atoms with E-state index in [1.54, 1.807) is 24.3 Å². The van der Waals surface area contributed by atoms with E-state index in [1.807, 2.05) is 6.07 Å². The molecule has 0 spiro atoms. The van der Waals surface area contributed by atoms with Crippen molar-refractivity contribution in [3.63, 3.8) is 0 Å². The van der Waals surface area contributed by atoms with Crippen LogP contribution in [0.3, 0.4) is 0 Å². The zero-order chi connectivity index (χ0) is 21.7. The molecule has 2 amide bonds. The summed E-state index contributed by atoms with van der Waals surface area (Å²) in [6, 6.07) is 18.3. The van der Waals surface area contributed by atoms with E-state index in [0.29, 0.717) is 5.56 Å². The van der Waals surface area contributed by atoms with Crippen molar-refractivity contribution in [1.82, 2.24) is 0 Å². The number of rotatable bonds is 4. The molecule has 0 radical (unpaired) electrons. The standard InChI is InChI=1S/C22H14F3N3O2/c23-22(24,25)16-7-4-8-17(12-16)27-21(30)18-9-1-2-10-19(18)28-20(29)15-6-3-5-14(11-15)13-26/h1-12H,(H,27,30)(H,28,29). The lowest BCUT2D eigenvalue weighted by Gasteiger charge is -2.13. The van der Waals surface area contributed by atoms with Crippen LogP contribution in [0.2, 0.25) is 0 Å². The van der Waals surface area contributed by atoms with Crippen molar-refractivity contribution < 1.29 is 22.8 Å². The number of amides is 2. The third-order valence-electron chi connectivity index (χ3n) is 4.12. The topological polar surface area (TPSA) is 82.0 Å². The lowest BCUT2D eigenvalue weighted by molar-refractivity contribution is -0.137. The molecule has 0 atom stereocenters. The van der Waals surface area contributed by atoms with Crippen LogP contribution >= 0.6 is 0 Å². The van der Waals surface area contributed by atoms with Crippen molar-refractivity contribution in [2.75, 3.05) is 10.6 Å². The fourth-order valence-corrected chi connectivity index (χ4v) is 2.69. The van der Waals surface area contributed by atoms with Gasteiger partial charge in [-0.3, -0.25) is 9.59 Å². The Kier molecular flexibility index (Phi) is 5.83. The number of halogens is 3. The van der Waals surface area contributed by atoms with Crippen LogP contribution in [0.25, 0.3) is 0 Å². The number of carbonyl (C=O) groups excluding carboxylic acids is 2. The number of benzene rings is 3. The number of nitriles is 1. The maximum Gasteiger partial charge on any atom is 0.416 e. The third kappa shape index (κ3) is 4.83. The van der Waals surface area contributed by atoms with Gasteiger partial charge in [-0.15, -0.1) is 0 Å². The monoisotopic (exact) mass is 409 g/mol. The lowest BCUT2D eigenvalue weighted by Crippen LogP contribution is -2.18. The molecule has 0 unspecified atom stereocenters. The molecular formula is C22H14F3N3O2. The number of alkyl halides is 3.